The maximum atomic E-state index is 11.8. The second-order valence-electron chi connectivity index (χ2n) is 5.86. The zero-order valence-electron chi connectivity index (χ0n) is 15.6. The Labute approximate surface area is 177 Å². The van der Waals surface area contributed by atoms with Gasteiger partial charge >= 0.3 is 0 Å². The number of hydrogen-bond acceptors (Lipinski definition) is 5. The molecule has 1 amide bonds. The third kappa shape index (κ3) is 8.19. The Morgan fingerprint density at radius 1 is 1.31 bits per heavy atom. The van der Waals surface area contributed by atoms with E-state index in [0.29, 0.717) is 13.2 Å². The largest absolute Gasteiger partial charge is 0.383 e. The lowest BCUT2D eigenvalue weighted by Gasteiger charge is -2.36. The summed E-state index contributed by atoms with van der Waals surface area (Å²) in [7, 11) is 1.62. The molecule has 0 spiro atoms. The minimum Gasteiger partial charge on any atom is -0.383 e. The third-order valence-corrected chi connectivity index (χ3v) is 4.83. The molecule has 26 heavy (non-hydrogen) atoms. The highest BCUT2D eigenvalue weighted by atomic mass is 127. The molecule has 0 bridgehead atoms. The van der Waals surface area contributed by atoms with Crippen LogP contribution in [0.15, 0.2) is 22.5 Å². The van der Waals surface area contributed by atoms with Gasteiger partial charge in [-0.15, -0.1) is 35.3 Å². The van der Waals surface area contributed by atoms with Gasteiger partial charge in [-0.3, -0.25) is 9.69 Å². The van der Waals surface area contributed by atoms with Gasteiger partial charge in [0.15, 0.2) is 5.96 Å². The first-order chi connectivity index (χ1) is 12.2. The SMILES string of the molecule is CCNC(=NCC(=O)NCCOC)N1CCN(Cc2cccs2)CC1.I. The number of piperazine rings is 1. The number of ether oxygens (including phenoxy) is 1. The van der Waals surface area contributed by atoms with E-state index < -0.39 is 0 Å². The molecule has 0 aliphatic carbocycles. The van der Waals surface area contributed by atoms with Crippen molar-refractivity contribution in [3.8, 4) is 0 Å². The molecule has 2 rings (SSSR count). The van der Waals surface area contributed by atoms with Gasteiger partial charge in [-0.25, -0.2) is 4.99 Å². The number of nitrogens with zero attached hydrogens (tertiary/aromatic N) is 3. The lowest BCUT2D eigenvalue weighted by molar-refractivity contribution is -0.119. The average molecular weight is 495 g/mol. The number of carbonyl (C=O) groups is 1. The number of guanidine groups is 1. The molecule has 0 radical (unpaired) electrons. The van der Waals surface area contributed by atoms with Crippen LogP contribution in [0.25, 0.3) is 0 Å². The van der Waals surface area contributed by atoms with Gasteiger partial charge in [-0.1, -0.05) is 6.07 Å². The van der Waals surface area contributed by atoms with Gasteiger partial charge in [-0.05, 0) is 18.4 Å². The highest BCUT2D eigenvalue weighted by Gasteiger charge is 2.20. The summed E-state index contributed by atoms with van der Waals surface area (Å²) in [6, 6.07) is 4.29. The van der Waals surface area contributed by atoms with Crippen LogP contribution in [0.3, 0.4) is 0 Å². The van der Waals surface area contributed by atoms with E-state index in [4.69, 9.17) is 4.74 Å². The summed E-state index contributed by atoms with van der Waals surface area (Å²) in [6.07, 6.45) is 0. The number of amides is 1. The van der Waals surface area contributed by atoms with E-state index in [0.717, 1.165) is 45.2 Å². The molecule has 2 N–H and O–H groups in total. The quantitative estimate of drug-likeness (QED) is 0.246. The molecule has 7 nitrogen and oxygen atoms in total. The molecule has 0 unspecified atom stereocenters. The van der Waals surface area contributed by atoms with Gasteiger partial charge in [0.25, 0.3) is 0 Å². The first-order valence-electron chi connectivity index (χ1n) is 8.76. The molecule has 1 aromatic rings. The molecular formula is C17H30IN5O2S. The molecule has 9 heteroatoms. The topological polar surface area (TPSA) is 69.2 Å². The first kappa shape index (κ1) is 23.1. The predicted molar refractivity (Wildman–Crippen MR) is 117 cm³/mol. The normalized spacial score (nSPS) is 15.5. The smallest absolute Gasteiger partial charge is 0.241 e. The Kier molecular flexibility index (Phi) is 11.8. The van der Waals surface area contributed by atoms with Crippen molar-refractivity contribution >= 4 is 47.2 Å². The molecule has 1 fully saturated rings. The zero-order chi connectivity index (χ0) is 17.9. The van der Waals surface area contributed by atoms with Gasteiger partial charge in [0.2, 0.25) is 5.91 Å². The summed E-state index contributed by atoms with van der Waals surface area (Å²) < 4.78 is 4.92. The molecule has 1 saturated heterocycles. The number of nitrogens with one attached hydrogen (secondary N) is 2. The minimum atomic E-state index is -0.0798. The Morgan fingerprint density at radius 3 is 2.69 bits per heavy atom. The number of hydrogen-bond donors (Lipinski definition) is 2. The van der Waals surface area contributed by atoms with Gasteiger partial charge in [0.1, 0.15) is 6.54 Å². The van der Waals surface area contributed by atoms with Crippen LogP contribution in [0.1, 0.15) is 11.8 Å². The van der Waals surface area contributed by atoms with E-state index in [1.54, 1.807) is 18.4 Å². The van der Waals surface area contributed by atoms with Crippen LogP contribution in [0.4, 0.5) is 0 Å². The van der Waals surface area contributed by atoms with Gasteiger partial charge in [0, 0.05) is 57.8 Å². The summed E-state index contributed by atoms with van der Waals surface area (Å²) in [5.74, 6) is 0.740. The van der Waals surface area contributed by atoms with Crippen LogP contribution in [-0.4, -0.2) is 81.2 Å². The van der Waals surface area contributed by atoms with E-state index >= 15 is 0 Å². The zero-order valence-corrected chi connectivity index (χ0v) is 18.7. The van der Waals surface area contributed by atoms with Crippen LogP contribution in [0.5, 0.6) is 0 Å². The van der Waals surface area contributed by atoms with Crippen molar-refractivity contribution in [1.82, 2.24) is 20.4 Å². The Morgan fingerprint density at radius 2 is 2.08 bits per heavy atom. The van der Waals surface area contributed by atoms with E-state index in [1.807, 2.05) is 6.92 Å². The van der Waals surface area contributed by atoms with Crippen molar-refractivity contribution in [3.63, 3.8) is 0 Å². The van der Waals surface area contributed by atoms with Crippen molar-refractivity contribution in [2.24, 2.45) is 4.99 Å². The van der Waals surface area contributed by atoms with E-state index in [1.165, 1.54) is 4.88 Å². The molecule has 2 heterocycles. The van der Waals surface area contributed by atoms with Crippen molar-refractivity contribution in [1.29, 1.82) is 0 Å². The highest BCUT2D eigenvalue weighted by molar-refractivity contribution is 14.0. The molecule has 1 aliphatic rings. The van der Waals surface area contributed by atoms with Crippen LogP contribution in [-0.2, 0) is 16.1 Å². The van der Waals surface area contributed by atoms with Crippen molar-refractivity contribution in [2.45, 2.75) is 13.5 Å². The lowest BCUT2D eigenvalue weighted by Crippen LogP contribution is -2.52. The van der Waals surface area contributed by atoms with Crippen molar-refractivity contribution in [3.05, 3.63) is 22.4 Å². The first-order valence-corrected chi connectivity index (χ1v) is 9.64. The summed E-state index contributed by atoms with van der Waals surface area (Å²) in [5.41, 5.74) is 0. The number of carbonyl (C=O) groups excluding carboxylic acids is 1. The Bertz CT molecular complexity index is 533. The van der Waals surface area contributed by atoms with Crippen LogP contribution >= 0.6 is 35.3 Å². The maximum absolute atomic E-state index is 11.8. The van der Waals surface area contributed by atoms with Crippen LogP contribution in [0, 0.1) is 0 Å². The molecular weight excluding hydrogens is 465 g/mol. The summed E-state index contributed by atoms with van der Waals surface area (Å²) >= 11 is 1.81. The van der Waals surface area contributed by atoms with Gasteiger partial charge < -0.3 is 20.3 Å². The lowest BCUT2D eigenvalue weighted by atomic mass is 10.3. The standard InChI is InChI=1S/C17H29N5O2S.HI/c1-3-18-17(20-13-16(23)19-6-11-24-2)22-9-7-21(8-10-22)14-15-5-4-12-25-15;/h4-5,12H,3,6-11,13-14H2,1-2H3,(H,18,20)(H,19,23);1H. The fourth-order valence-electron chi connectivity index (χ4n) is 2.66. The van der Waals surface area contributed by atoms with Gasteiger partial charge in [0.05, 0.1) is 6.61 Å². The number of rotatable bonds is 8. The van der Waals surface area contributed by atoms with Gasteiger partial charge in [-0.2, -0.15) is 0 Å². The fourth-order valence-corrected chi connectivity index (χ4v) is 3.41. The van der Waals surface area contributed by atoms with E-state index in [-0.39, 0.29) is 36.4 Å². The number of thiophene rings is 1. The third-order valence-electron chi connectivity index (χ3n) is 3.97. The number of halogens is 1. The van der Waals surface area contributed by atoms with Crippen LogP contribution in [0.2, 0.25) is 0 Å². The second-order valence-corrected chi connectivity index (χ2v) is 6.89. The molecule has 0 saturated carbocycles. The molecule has 1 aliphatic heterocycles. The minimum absolute atomic E-state index is 0. The van der Waals surface area contributed by atoms with E-state index in [9.17, 15) is 4.79 Å². The molecule has 148 valence electrons. The Balaban J connectivity index is 0.00000338. The van der Waals surface area contributed by atoms with Crippen LogP contribution < -0.4 is 10.6 Å². The van der Waals surface area contributed by atoms with Crippen molar-refractivity contribution in [2.75, 3.05) is 59.5 Å². The highest BCUT2D eigenvalue weighted by Crippen LogP contribution is 2.13. The predicted octanol–water partition coefficient (Wildman–Crippen LogP) is 1.21. The number of methoxy groups -OCH3 is 1. The summed E-state index contributed by atoms with van der Waals surface area (Å²) in [4.78, 5) is 22.4. The molecule has 0 atom stereocenters. The van der Waals surface area contributed by atoms with E-state index in [2.05, 4.69) is 42.9 Å². The Hall–Kier alpha value is -0.910. The van der Waals surface area contributed by atoms with Crippen molar-refractivity contribution < 1.29 is 9.53 Å². The molecule has 0 aromatic carbocycles. The monoisotopic (exact) mass is 495 g/mol. The second kappa shape index (κ2) is 13.3. The average Bonchev–Trinajstić information content (AvgIpc) is 3.13. The summed E-state index contributed by atoms with van der Waals surface area (Å²) in [5, 5.41) is 8.21. The summed E-state index contributed by atoms with van der Waals surface area (Å²) in [6.45, 7) is 8.86. The number of aliphatic imine (C=N–C) groups is 1. The maximum Gasteiger partial charge on any atom is 0.241 e. The molecule has 1 aromatic heterocycles. The fraction of sp³-hybridized carbons (Fsp3) is 0.647.